The van der Waals surface area contributed by atoms with Gasteiger partial charge < -0.3 is 19.9 Å². The lowest BCUT2D eigenvalue weighted by molar-refractivity contribution is 0.102. The van der Waals surface area contributed by atoms with E-state index in [9.17, 15) is 4.79 Å². The van der Waals surface area contributed by atoms with E-state index in [4.69, 9.17) is 4.74 Å². The summed E-state index contributed by atoms with van der Waals surface area (Å²) in [5.74, 6) is 1.42. The molecule has 190 valence electrons. The fourth-order valence-electron chi connectivity index (χ4n) is 4.72. The van der Waals surface area contributed by atoms with Crippen LogP contribution < -0.4 is 19.9 Å². The van der Waals surface area contributed by atoms with Crippen molar-refractivity contribution >= 4 is 34.1 Å². The summed E-state index contributed by atoms with van der Waals surface area (Å²) >= 11 is 0. The average Bonchev–Trinajstić information content (AvgIpc) is 3.42. The first-order valence-electron chi connectivity index (χ1n) is 12.3. The fourth-order valence-corrected chi connectivity index (χ4v) is 4.72. The molecule has 0 unspecified atom stereocenters. The zero-order valence-electron chi connectivity index (χ0n) is 20.9. The van der Waals surface area contributed by atoms with Crippen LogP contribution in [0, 0.1) is 0 Å². The van der Waals surface area contributed by atoms with Gasteiger partial charge in [-0.15, -0.1) is 0 Å². The van der Waals surface area contributed by atoms with Crippen molar-refractivity contribution in [1.29, 1.82) is 0 Å². The number of anilines is 3. The molecule has 1 aliphatic rings. The van der Waals surface area contributed by atoms with Gasteiger partial charge in [-0.25, -0.2) is 14.6 Å². The largest absolute Gasteiger partial charge is 0.495 e. The molecule has 10 nitrogen and oxygen atoms in total. The first-order valence-corrected chi connectivity index (χ1v) is 12.3. The van der Waals surface area contributed by atoms with E-state index in [-0.39, 0.29) is 5.91 Å². The summed E-state index contributed by atoms with van der Waals surface area (Å²) in [6.45, 7) is 2.98. The lowest BCUT2D eigenvalue weighted by Crippen LogP contribution is -2.47. The van der Waals surface area contributed by atoms with Crippen molar-refractivity contribution in [3.63, 3.8) is 0 Å². The van der Waals surface area contributed by atoms with Crippen LogP contribution in [0.4, 0.5) is 17.2 Å². The maximum absolute atomic E-state index is 12.9. The summed E-state index contributed by atoms with van der Waals surface area (Å²) < 4.78 is 7.48. The number of rotatable bonds is 6. The van der Waals surface area contributed by atoms with Crippen molar-refractivity contribution in [3.8, 4) is 11.4 Å². The van der Waals surface area contributed by atoms with Crippen LogP contribution >= 0.6 is 0 Å². The maximum Gasteiger partial charge on any atom is 0.255 e. The first kappa shape index (κ1) is 23.4. The predicted octanol–water partition coefficient (Wildman–Crippen LogP) is 3.80. The second kappa shape index (κ2) is 10.2. The Labute approximate surface area is 219 Å². The third-order valence-corrected chi connectivity index (χ3v) is 6.64. The van der Waals surface area contributed by atoms with Crippen molar-refractivity contribution in [1.82, 2.24) is 24.7 Å². The number of hydrogen-bond acceptors (Lipinski definition) is 8. The minimum Gasteiger partial charge on any atom is -0.495 e. The molecule has 5 aromatic rings. The maximum atomic E-state index is 12.9. The molecule has 1 saturated heterocycles. The molecular formula is C28H26N8O2. The highest BCUT2D eigenvalue weighted by Crippen LogP contribution is 2.32. The van der Waals surface area contributed by atoms with E-state index in [2.05, 4.69) is 35.2 Å². The van der Waals surface area contributed by atoms with Crippen molar-refractivity contribution in [3.05, 3.63) is 91.1 Å². The lowest BCUT2D eigenvalue weighted by Gasteiger charge is -2.37. The van der Waals surface area contributed by atoms with Crippen LogP contribution in [0.2, 0.25) is 0 Å². The number of ether oxygens (including phenoxy) is 1. The normalized spacial score (nSPS) is 13.5. The number of aromatic nitrogens is 5. The van der Waals surface area contributed by atoms with Gasteiger partial charge in [0.05, 0.1) is 30.1 Å². The van der Waals surface area contributed by atoms with E-state index in [0.29, 0.717) is 11.3 Å². The lowest BCUT2D eigenvalue weighted by atomic mass is 10.1. The summed E-state index contributed by atoms with van der Waals surface area (Å²) in [5.41, 5.74) is 3.88. The fraction of sp³-hybridized carbons (Fsp3) is 0.179. The second-order valence-corrected chi connectivity index (χ2v) is 8.88. The van der Waals surface area contributed by atoms with E-state index in [1.807, 2.05) is 53.3 Å². The smallest absolute Gasteiger partial charge is 0.255 e. The van der Waals surface area contributed by atoms with Gasteiger partial charge in [-0.1, -0.05) is 18.2 Å². The number of carbonyl (C=O) groups excluding carboxylic acids is 1. The van der Waals surface area contributed by atoms with Gasteiger partial charge in [-0.2, -0.15) is 5.10 Å². The summed E-state index contributed by atoms with van der Waals surface area (Å²) in [7, 11) is 1.65. The molecule has 0 spiro atoms. The summed E-state index contributed by atoms with van der Waals surface area (Å²) in [6, 6.07) is 19.0. The van der Waals surface area contributed by atoms with E-state index in [1.165, 1.54) is 0 Å². The molecule has 3 aromatic heterocycles. The molecule has 0 saturated carbocycles. The zero-order chi connectivity index (χ0) is 25.9. The third kappa shape index (κ3) is 4.47. The number of para-hydroxylation sites is 1. The van der Waals surface area contributed by atoms with Crippen molar-refractivity contribution in [2.45, 2.75) is 0 Å². The molecule has 1 N–H and O–H groups in total. The zero-order valence-corrected chi connectivity index (χ0v) is 20.9. The number of carbonyl (C=O) groups is 1. The Morgan fingerprint density at radius 1 is 0.921 bits per heavy atom. The number of fused-ring (bicyclic) bond motifs is 1. The van der Waals surface area contributed by atoms with E-state index in [1.54, 1.807) is 44.0 Å². The van der Waals surface area contributed by atoms with E-state index >= 15 is 0 Å². The van der Waals surface area contributed by atoms with E-state index < -0.39 is 0 Å². The molecule has 0 atom stereocenters. The van der Waals surface area contributed by atoms with Crippen molar-refractivity contribution < 1.29 is 9.53 Å². The average molecular weight is 507 g/mol. The van der Waals surface area contributed by atoms with Crippen LogP contribution in [0.15, 0.2) is 85.6 Å². The number of methoxy groups -OCH3 is 1. The Kier molecular flexibility index (Phi) is 6.27. The number of piperazine rings is 1. The molecule has 1 fully saturated rings. The minimum atomic E-state index is -0.183. The summed E-state index contributed by atoms with van der Waals surface area (Å²) in [6.07, 6.45) is 6.72. The Hall–Kier alpha value is -4.99. The highest BCUT2D eigenvalue weighted by molar-refractivity contribution is 6.05. The molecule has 38 heavy (non-hydrogen) atoms. The predicted molar refractivity (Wildman–Crippen MR) is 146 cm³/mol. The molecule has 2 aromatic carbocycles. The second-order valence-electron chi connectivity index (χ2n) is 8.88. The number of nitrogens with zero attached hydrogens (tertiary/aromatic N) is 7. The SMILES string of the molecule is COc1ccc(C(=O)Nc2ccncc2)cc1N1CCN(c2ncnc3c2cnn3-c2ccccc2)CC1. The van der Waals surface area contributed by atoms with Gasteiger partial charge >= 0.3 is 0 Å². The highest BCUT2D eigenvalue weighted by Gasteiger charge is 2.24. The van der Waals surface area contributed by atoms with Crippen molar-refractivity contribution in [2.24, 2.45) is 0 Å². The number of hydrogen-bond donors (Lipinski definition) is 1. The Balaban J connectivity index is 1.21. The number of pyridine rings is 1. The van der Waals surface area contributed by atoms with Crippen LogP contribution in [-0.2, 0) is 0 Å². The molecule has 0 aliphatic carbocycles. The van der Waals surface area contributed by atoms with Crippen molar-refractivity contribution in [2.75, 3.05) is 48.4 Å². The van der Waals surface area contributed by atoms with Crippen LogP contribution in [-0.4, -0.2) is 63.9 Å². The van der Waals surface area contributed by atoms with Gasteiger partial charge in [0.1, 0.15) is 17.9 Å². The molecule has 1 aliphatic heterocycles. The molecule has 1 amide bonds. The topological polar surface area (TPSA) is 101 Å². The van der Waals surface area contributed by atoms with E-state index in [0.717, 1.165) is 60.2 Å². The van der Waals surface area contributed by atoms with Crippen LogP contribution in [0.3, 0.4) is 0 Å². The molecule has 0 bridgehead atoms. The van der Waals surface area contributed by atoms with Gasteiger partial charge in [0.25, 0.3) is 5.91 Å². The van der Waals surface area contributed by atoms with Crippen LogP contribution in [0.25, 0.3) is 16.7 Å². The van der Waals surface area contributed by atoms with Crippen LogP contribution in [0.1, 0.15) is 10.4 Å². The molecule has 10 heteroatoms. The van der Waals surface area contributed by atoms with Gasteiger partial charge in [0.15, 0.2) is 5.65 Å². The van der Waals surface area contributed by atoms with Gasteiger partial charge in [-0.3, -0.25) is 9.78 Å². The molecule has 6 rings (SSSR count). The Morgan fingerprint density at radius 3 is 2.45 bits per heavy atom. The van der Waals surface area contributed by atoms with Gasteiger partial charge in [0.2, 0.25) is 0 Å². The first-order chi connectivity index (χ1) is 18.7. The molecule has 4 heterocycles. The quantitative estimate of drug-likeness (QED) is 0.371. The number of nitrogens with one attached hydrogen (secondary N) is 1. The Morgan fingerprint density at radius 2 is 1.68 bits per heavy atom. The van der Waals surface area contributed by atoms with Gasteiger partial charge in [-0.05, 0) is 42.5 Å². The molecular weight excluding hydrogens is 480 g/mol. The number of amides is 1. The third-order valence-electron chi connectivity index (χ3n) is 6.64. The van der Waals surface area contributed by atoms with Crippen LogP contribution in [0.5, 0.6) is 5.75 Å². The monoisotopic (exact) mass is 506 g/mol. The minimum absolute atomic E-state index is 0.183. The highest BCUT2D eigenvalue weighted by atomic mass is 16.5. The molecule has 0 radical (unpaired) electrons. The summed E-state index contributed by atoms with van der Waals surface area (Å²) in [4.78, 5) is 30.5. The Bertz CT molecular complexity index is 1560. The van der Waals surface area contributed by atoms with Gasteiger partial charge in [0, 0.05) is 49.8 Å². The standard InChI is InChI=1S/C28H26N8O2/c1-38-25-8-7-20(28(37)33-21-9-11-29-12-10-21)17-24(25)34-13-15-35(16-14-34)26-23-18-32-36(27(23)31-19-30-26)22-5-3-2-4-6-22/h2-12,17-19H,13-16H2,1H3,(H,29,33,37). The number of benzene rings is 2. The summed E-state index contributed by atoms with van der Waals surface area (Å²) in [5, 5.41) is 8.41.